The number of fused-ring (bicyclic) bond motifs is 1. The van der Waals surface area contributed by atoms with Crippen LogP contribution in [0.3, 0.4) is 0 Å². The van der Waals surface area contributed by atoms with Gasteiger partial charge in [-0.25, -0.2) is 9.88 Å². The summed E-state index contributed by atoms with van der Waals surface area (Å²) in [6.45, 7) is 2.00. The molecule has 3 amide bonds. The second-order valence-corrected chi connectivity index (χ2v) is 9.43. The number of hydrogen-bond acceptors (Lipinski definition) is 6. The van der Waals surface area contributed by atoms with E-state index in [9.17, 15) is 14.4 Å². The molecule has 1 aliphatic heterocycles. The van der Waals surface area contributed by atoms with Crippen LogP contribution < -0.4 is 4.90 Å². The fourth-order valence-corrected chi connectivity index (χ4v) is 4.86. The Labute approximate surface area is 224 Å². The number of aryl methyl sites for hydroxylation is 1. The van der Waals surface area contributed by atoms with Gasteiger partial charge in [0.25, 0.3) is 11.8 Å². The number of imide groups is 1. The third-order valence-electron chi connectivity index (χ3n) is 6.88. The number of aromatic nitrogens is 2. The van der Waals surface area contributed by atoms with Crippen molar-refractivity contribution in [1.82, 2.24) is 14.9 Å². The van der Waals surface area contributed by atoms with E-state index < -0.39 is 11.9 Å². The van der Waals surface area contributed by atoms with Gasteiger partial charge in [0.1, 0.15) is 11.6 Å². The van der Waals surface area contributed by atoms with E-state index in [-0.39, 0.29) is 24.8 Å². The lowest BCUT2D eigenvalue weighted by Gasteiger charge is -2.28. The molecule has 1 saturated heterocycles. The van der Waals surface area contributed by atoms with Gasteiger partial charge in [0.2, 0.25) is 11.8 Å². The number of benzene rings is 3. The predicted molar refractivity (Wildman–Crippen MR) is 146 cm³/mol. The number of pyridine rings is 1. The molecular weight excluding hydrogens is 492 g/mol. The molecule has 3 heterocycles. The van der Waals surface area contributed by atoms with Gasteiger partial charge in [-0.2, -0.15) is 0 Å². The van der Waals surface area contributed by atoms with Gasteiger partial charge in [-0.05, 0) is 66.6 Å². The van der Waals surface area contributed by atoms with Crippen LogP contribution >= 0.6 is 0 Å². The van der Waals surface area contributed by atoms with Crippen LogP contribution in [0.2, 0.25) is 0 Å². The molecule has 3 aromatic carbocycles. The molecule has 0 spiro atoms. The molecule has 1 atom stereocenters. The van der Waals surface area contributed by atoms with E-state index >= 15 is 0 Å². The zero-order valence-corrected chi connectivity index (χ0v) is 21.2. The van der Waals surface area contributed by atoms with Crippen LogP contribution in [0.15, 0.2) is 102 Å². The van der Waals surface area contributed by atoms with E-state index in [0.717, 1.165) is 27.1 Å². The van der Waals surface area contributed by atoms with Gasteiger partial charge >= 0.3 is 0 Å². The molecule has 6 rings (SSSR count). The van der Waals surface area contributed by atoms with Crippen LogP contribution in [0.1, 0.15) is 27.9 Å². The Kier molecular flexibility index (Phi) is 6.20. The van der Waals surface area contributed by atoms with Crippen LogP contribution in [0.25, 0.3) is 22.6 Å². The van der Waals surface area contributed by atoms with Crippen LogP contribution in [0.4, 0.5) is 5.69 Å². The molecule has 0 N–H and O–H groups in total. The van der Waals surface area contributed by atoms with Gasteiger partial charge in [0, 0.05) is 30.1 Å². The molecule has 5 aromatic rings. The summed E-state index contributed by atoms with van der Waals surface area (Å²) in [6, 6.07) is 24.3. The van der Waals surface area contributed by atoms with E-state index in [0.29, 0.717) is 22.7 Å². The fraction of sp³-hybridized carbons (Fsp3) is 0.129. The average molecular weight is 517 g/mol. The average Bonchev–Trinajstić information content (AvgIpc) is 3.52. The van der Waals surface area contributed by atoms with Crippen molar-refractivity contribution >= 4 is 34.5 Å². The maximum absolute atomic E-state index is 13.7. The Hall–Kier alpha value is -5.11. The van der Waals surface area contributed by atoms with Gasteiger partial charge in [0.15, 0.2) is 5.58 Å². The largest absolute Gasteiger partial charge is 0.436 e. The maximum Gasteiger partial charge on any atom is 0.257 e. The minimum Gasteiger partial charge on any atom is -0.436 e. The molecule has 8 nitrogen and oxygen atoms in total. The molecule has 0 saturated carbocycles. The first-order valence-corrected chi connectivity index (χ1v) is 12.6. The molecule has 0 radical (unpaired) electrons. The van der Waals surface area contributed by atoms with Crippen molar-refractivity contribution in [3.63, 3.8) is 0 Å². The fourth-order valence-electron chi connectivity index (χ4n) is 4.86. The predicted octanol–water partition coefficient (Wildman–Crippen LogP) is 5.17. The topological polar surface area (TPSA) is 96.6 Å². The number of carbonyl (C=O) groups is 3. The number of para-hydroxylation sites is 2. The maximum atomic E-state index is 13.7. The normalized spacial score (nSPS) is 15.2. The highest BCUT2D eigenvalue weighted by Crippen LogP contribution is 2.31. The molecule has 1 fully saturated rings. The number of hydrogen-bond donors (Lipinski definition) is 0. The van der Waals surface area contributed by atoms with Crippen molar-refractivity contribution in [2.75, 3.05) is 4.90 Å². The number of anilines is 1. The molecule has 192 valence electrons. The summed E-state index contributed by atoms with van der Waals surface area (Å²) in [4.78, 5) is 51.9. The summed E-state index contributed by atoms with van der Waals surface area (Å²) in [6.07, 6.45) is 3.19. The highest BCUT2D eigenvalue weighted by Gasteiger charge is 2.44. The second-order valence-electron chi connectivity index (χ2n) is 9.43. The minimum atomic E-state index is -0.943. The summed E-state index contributed by atoms with van der Waals surface area (Å²) in [5, 5.41) is 0. The molecule has 0 aliphatic carbocycles. The summed E-state index contributed by atoms with van der Waals surface area (Å²) < 4.78 is 5.84. The quantitative estimate of drug-likeness (QED) is 0.289. The first-order chi connectivity index (χ1) is 19.0. The van der Waals surface area contributed by atoms with Gasteiger partial charge in [-0.15, -0.1) is 0 Å². The second kappa shape index (κ2) is 9.98. The summed E-state index contributed by atoms with van der Waals surface area (Å²) >= 11 is 0. The number of rotatable bonds is 6. The molecule has 1 unspecified atom stereocenters. The lowest BCUT2D eigenvalue weighted by atomic mass is 10.1. The number of nitrogens with zero attached hydrogens (tertiary/aromatic N) is 4. The minimum absolute atomic E-state index is 0.108. The summed E-state index contributed by atoms with van der Waals surface area (Å²) in [5.41, 5.74) is 4.62. The number of amides is 3. The Balaban J connectivity index is 1.30. The van der Waals surface area contributed by atoms with E-state index in [4.69, 9.17) is 4.42 Å². The van der Waals surface area contributed by atoms with Crippen molar-refractivity contribution in [2.45, 2.75) is 25.9 Å². The zero-order chi connectivity index (χ0) is 26.9. The van der Waals surface area contributed by atoms with Crippen LogP contribution in [0, 0.1) is 6.92 Å². The Morgan fingerprint density at radius 2 is 1.74 bits per heavy atom. The van der Waals surface area contributed by atoms with Crippen LogP contribution in [-0.4, -0.2) is 38.6 Å². The molecule has 0 bridgehead atoms. The first-order valence-electron chi connectivity index (χ1n) is 12.6. The van der Waals surface area contributed by atoms with E-state index in [1.807, 2.05) is 49.4 Å². The van der Waals surface area contributed by atoms with Gasteiger partial charge in [0.05, 0.1) is 12.1 Å². The van der Waals surface area contributed by atoms with Crippen molar-refractivity contribution in [3.05, 3.63) is 114 Å². The Bertz CT molecular complexity index is 1660. The highest BCUT2D eigenvalue weighted by molar-refractivity contribution is 6.23. The van der Waals surface area contributed by atoms with E-state index in [2.05, 4.69) is 9.97 Å². The first kappa shape index (κ1) is 24.2. The van der Waals surface area contributed by atoms with Crippen molar-refractivity contribution < 1.29 is 18.8 Å². The monoisotopic (exact) mass is 516 g/mol. The smallest absolute Gasteiger partial charge is 0.257 e. The Morgan fingerprint density at radius 1 is 0.974 bits per heavy atom. The summed E-state index contributed by atoms with van der Waals surface area (Å²) in [7, 11) is 0. The van der Waals surface area contributed by atoms with E-state index in [1.54, 1.807) is 54.9 Å². The molecule has 1 aliphatic rings. The molecule has 2 aromatic heterocycles. The third kappa shape index (κ3) is 4.57. The summed E-state index contributed by atoms with van der Waals surface area (Å²) in [5.74, 6) is -0.670. The number of carbonyl (C=O) groups excluding carboxylic acids is 3. The molecular formula is C31H24N4O4. The zero-order valence-electron chi connectivity index (χ0n) is 21.2. The SMILES string of the molecule is Cc1ccccc1C(=O)N(Cc1cccnc1)C1CC(=O)N(c2ccc(-c3nc4ccccc4o3)cc2)C1=O. The molecule has 39 heavy (non-hydrogen) atoms. The van der Waals surface area contributed by atoms with E-state index in [1.165, 1.54) is 4.90 Å². The highest BCUT2D eigenvalue weighted by atomic mass is 16.3. The third-order valence-corrected chi connectivity index (χ3v) is 6.88. The lowest BCUT2D eigenvalue weighted by molar-refractivity contribution is -0.122. The number of oxazole rings is 1. The van der Waals surface area contributed by atoms with Crippen LogP contribution in [0.5, 0.6) is 0 Å². The van der Waals surface area contributed by atoms with Crippen molar-refractivity contribution in [1.29, 1.82) is 0 Å². The van der Waals surface area contributed by atoms with Gasteiger partial charge < -0.3 is 9.32 Å². The van der Waals surface area contributed by atoms with Crippen LogP contribution in [-0.2, 0) is 16.1 Å². The van der Waals surface area contributed by atoms with Crippen molar-refractivity contribution in [3.8, 4) is 11.5 Å². The molecule has 8 heteroatoms. The van der Waals surface area contributed by atoms with Crippen molar-refractivity contribution in [2.24, 2.45) is 0 Å². The lowest BCUT2D eigenvalue weighted by Crippen LogP contribution is -2.45. The van der Waals surface area contributed by atoms with Gasteiger partial charge in [-0.3, -0.25) is 19.4 Å². The van der Waals surface area contributed by atoms with Gasteiger partial charge in [-0.1, -0.05) is 36.4 Å². The Morgan fingerprint density at radius 3 is 2.49 bits per heavy atom. The standard InChI is InChI=1S/C31H24N4O4/c1-20-7-2-3-9-24(20)30(37)34(19-21-8-6-16-32-18-21)26-17-28(36)35(31(26)38)23-14-12-22(13-15-23)29-33-25-10-4-5-11-27(25)39-29/h2-16,18,26H,17,19H2,1H3.